The van der Waals surface area contributed by atoms with Crippen LogP contribution in [0.5, 0.6) is 0 Å². The van der Waals surface area contributed by atoms with Gasteiger partial charge >= 0.3 is 0 Å². The van der Waals surface area contributed by atoms with E-state index in [4.69, 9.17) is 11.6 Å². The van der Waals surface area contributed by atoms with Crippen LogP contribution in [0.1, 0.15) is 11.1 Å². The zero-order valence-corrected chi connectivity index (χ0v) is 12.7. The third-order valence-electron chi connectivity index (χ3n) is 3.30. The summed E-state index contributed by atoms with van der Waals surface area (Å²) in [5.41, 5.74) is 3.53. The largest absolute Gasteiger partial charge is 0.256 e. The van der Waals surface area contributed by atoms with Gasteiger partial charge in [-0.3, -0.25) is 4.98 Å². The van der Waals surface area contributed by atoms with Crippen molar-refractivity contribution in [3.63, 3.8) is 0 Å². The Morgan fingerprint density at radius 3 is 2.65 bits per heavy atom. The van der Waals surface area contributed by atoms with Crippen molar-refractivity contribution in [1.29, 1.82) is 0 Å². The van der Waals surface area contributed by atoms with E-state index in [1.165, 1.54) is 16.0 Å². The van der Waals surface area contributed by atoms with Crippen molar-refractivity contribution >= 4 is 34.3 Å². The van der Waals surface area contributed by atoms with E-state index in [-0.39, 0.29) is 0 Å². The summed E-state index contributed by atoms with van der Waals surface area (Å²) in [6.45, 7) is 2.11. The zero-order valence-electron chi connectivity index (χ0n) is 11.1. The molecule has 0 unspecified atom stereocenters. The van der Waals surface area contributed by atoms with Crippen molar-refractivity contribution in [2.75, 3.05) is 0 Å². The molecule has 0 spiro atoms. The third-order valence-corrected chi connectivity index (χ3v) is 4.86. The third kappa shape index (κ3) is 2.67. The van der Waals surface area contributed by atoms with E-state index in [1.54, 1.807) is 6.20 Å². The van der Waals surface area contributed by atoms with Gasteiger partial charge in [-0.25, -0.2) is 0 Å². The van der Waals surface area contributed by atoms with E-state index >= 15 is 0 Å². The first kappa shape index (κ1) is 13.5. The topological polar surface area (TPSA) is 12.9 Å². The molecule has 1 aromatic heterocycles. The number of hydrogen-bond acceptors (Lipinski definition) is 2. The maximum Gasteiger partial charge on any atom is 0.0757 e. The van der Waals surface area contributed by atoms with Crippen LogP contribution in [0.25, 0.3) is 10.9 Å². The van der Waals surface area contributed by atoms with Crippen LogP contribution in [0.15, 0.2) is 59.6 Å². The molecule has 0 saturated carbocycles. The lowest BCUT2D eigenvalue weighted by atomic mass is 10.1. The van der Waals surface area contributed by atoms with Gasteiger partial charge in [0.25, 0.3) is 0 Å². The number of halogens is 1. The Morgan fingerprint density at radius 2 is 1.85 bits per heavy atom. The quantitative estimate of drug-likeness (QED) is 0.593. The first-order valence-corrected chi connectivity index (χ1v) is 7.82. The zero-order chi connectivity index (χ0) is 13.9. The minimum atomic E-state index is 0.762. The lowest BCUT2D eigenvalue weighted by Gasteiger charge is -2.09. The summed E-state index contributed by atoms with van der Waals surface area (Å²) in [7, 11) is 0. The Bertz CT molecular complexity index is 741. The van der Waals surface area contributed by atoms with Crippen molar-refractivity contribution in [1.82, 2.24) is 4.98 Å². The number of nitrogens with zero attached hydrogens (tertiary/aromatic N) is 1. The van der Waals surface area contributed by atoms with Gasteiger partial charge in [-0.1, -0.05) is 48.0 Å². The normalized spacial score (nSPS) is 10.9. The van der Waals surface area contributed by atoms with E-state index in [2.05, 4.69) is 48.3 Å². The molecule has 0 fully saturated rings. The van der Waals surface area contributed by atoms with E-state index in [0.717, 1.165) is 21.7 Å². The fourth-order valence-electron chi connectivity index (χ4n) is 2.20. The number of aryl methyl sites for hydroxylation is 1. The van der Waals surface area contributed by atoms with Gasteiger partial charge in [0.1, 0.15) is 0 Å². The number of aromatic nitrogens is 1. The summed E-state index contributed by atoms with van der Waals surface area (Å²) in [5.74, 6) is 0.966. The van der Waals surface area contributed by atoms with Gasteiger partial charge < -0.3 is 0 Å². The van der Waals surface area contributed by atoms with Crippen LogP contribution in [0.4, 0.5) is 0 Å². The molecule has 1 heterocycles. The van der Waals surface area contributed by atoms with Gasteiger partial charge in [0.05, 0.1) is 10.5 Å². The first-order chi connectivity index (χ1) is 9.75. The van der Waals surface area contributed by atoms with Gasteiger partial charge in [-0.15, -0.1) is 11.8 Å². The summed E-state index contributed by atoms with van der Waals surface area (Å²) in [5, 5.41) is 1.79. The Hall–Kier alpha value is -1.51. The van der Waals surface area contributed by atoms with E-state index in [9.17, 15) is 0 Å². The minimum Gasteiger partial charge on any atom is -0.256 e. The highest BCUT2D eigenvalue weighted by molar-refractivity contribution is 7.98. The van der Waals surface area contributed by atoms with Gasteiger partial charge in [-0.2, -0.15) is 0 Å². The number of pyridine rings is 1. The molecule has 0 aliphatic heterocycles. The van der Waals surface area contributed by atoms with Crippen LogP contribution in [-0.2, 0) is 5.75 Å². The molecule has 1 nitrogen and oxygen atoms in total. The SMILES string of the molecule is Cc1c(SCc2ccccc2)ccc2c(Cl)ccnc12. The molecule has 0 bridgehead atoms. The highest BCUT2D eigenvalue weighted by Crippen LogP contribution is 2.32. The van der Waals surface area contributed by atoms with Crippen LogP contribution in [0.3, 0.4) is 0 Å². The van der Waals surface area contributed by atoms with Crippen molar-refractivity contribution in [2.45, 2.75) is 17.6 Å². The first-order valence-electron chi connectivity index (χ1n) is 6.46. The minimum absolute atomic E-state index is 0.762. The predicted octanol–water partition coefficient (Wildman–Crippen LogP) is 5.49. The van der Waals surface area contributed by atoms with Crippen LogP contribution < -0.4 is 0 Å². The molecular weight excluding hydrogens is 286 g/mol. The molecule has 0 aliphatic carbocycles. The maximum atomic E-state index is 6.21. The Balaban J connectivity index is 1.91. The monoisotopic (exact) mass is 299 g/mol. The second kappa shape index (κ2) is 5.86. The molecule has 100 valence electrons. The smallest absolute Gasteiger partial charge is 0.0757 e. The average Bonchev–Trinajstić information content (AvgIpc) is 2.48. The fraction of sp³-hybridized carbons (Fsp3) is 0.118. The van der Waals surface area contributed by atoms with Crippen molar-refractivity contribution < 1.29 is 0 Å². The van der Waals surface area contributed by atoms with Crippen LogP contribution in [-0.4, -0.2) is 4.98 Å². The van der Waals surface area contributed by atoms with Gasteiger partial charge in [0.15, 0.2) is 0 Å². The maximum absolute atomic E-state index is 6.21. The molecule has 0 radical (unpaired) electrons. The molecule has 3 rings (SSSR count). The Labute approximate surface area is 128 Å². The molecule has 0 N–H and O–H groups in total. The lowest BCUT2D eigenvalue weighted by Crippen LogP contribution is -1.88. The van der Waals surface area contributed by atoms with E-state index < -0.39 is 0 Å². The van der Waals surface area contributed by atoms with Crippen LogP contribution in [0, 0.1) is 6.92 Å². The summed E-state index contributed by atoms with van der Waals surface area (Å²) >= 11 is 8.05. The van der Waals surface area contributed by atoms with Crippen LogP contribution >= 0.6 is 23.4 Å². The molecular formula is C17H14ClNS. The second-order valence-corrected chi connectivity index (χ2v) is 6.08. The van der Waals surface area contributed by atoms with Crippen LogP contribution in [0.2, 0.25) is 5.02 Å². The van der Waals surface area contributed by atoms with Crippen molar-refractivity contribution in [3.05, 3.63) is 70.9 Å². The molecule has 0 amide bonds. The molecule has 0 saturated heterocycles. The molecule has 3 aromatic rings. The number of rotatable bonds is 3. The molecule has 20 heavy (non-hydrogen) atoms. The average molecular weight is 300 g/mol. The van der Waals surface area contributed by atoms with Crippen molar-refractivity contribution in [2.24, 2.45) is 0 Å². The van der Waals surface area contributed by atoms with Gasteiger partial charge in [-0.05, 0) is 30.2 Å². The number of hydrogen-bond donors (Lipinski definition) is 0. The number of benzene rings is 2. The highest BCUT2D eigenvalue weighted by atomic mass is 35.5. The summed E-state index contributed by atoms with van der Waals surface area (Å²) in [6, 6.07) is 16.5. The standard InChI is InChI=1S/C17H14ClNS/c1-12-16(20-11-13-5-3-2-4-6-13)8-7-14-15(18)9-10-19-17(12)14/h2-10H,11H2,1H3. The predicted molar refractivity (Wildman–Crippen MR) is 87.5 cm³/mol. The summed E-state index contributed by atoms with van der Waals surface area (Å²) in [6.07, 6.45) is 1.77. The van der Waals surface area contributed by atoms with Gasteiger partial charge in [0, 0.05) is 22.2 Å². The number of thioether (sulfide) groups is 1. The summed E-state index contributed by atoms with van der Waals surface area (Å²) < 4.78 is 0. The molecule has 2 aromatic carbocycles. The lowest BCUT2D eigenvalue weighted by molar-refractivity contribution is 1.28. The van der Waals surface area contributed by atoms with E-state index in [0.29, 0.717) is 0 Å². The van der Waals surface area contributed by atoms with Gasteiger partial charge in [0.2, 0.25) is 0 Å². The Kier molecular flexibility index (Phi) is 3.95. The highest BCUT2D eigenvalue weighted by Gasteiger charge is 2.07. The molecule has 0 atom stereocenters. The second-order valence-electron chi connectivity index (χ2n) is 4.65. The molecule has 3 heteroatoms. The fourth-order valence-corrected chi connectivity index (χ4v) is 3.40. The Morgan fingerprint density at radius 1 is 1.05 bits per heavy atom. The van der Waals surface area contributed by atoms with E-state index in [1.807, 2.05) is 23.9 Å². The van der Waals surface area contributed by atoms with Crippen molar-refractivity contribution in [3.8, 4) is 0 Å². The molecule has 0 aliphatic rings. The summed E-state index contributed by atoms with van der Waals surface area (Å²) in [4.78, 5) is 5.72. The number of fused-ring (bicyclic) bond motifs is 1.